The van der Waals surface area contributed by atoms with Gasteiger partial charge in [0.25, 0.3) is 0 Å². The number of nitrogens with zero attached hydrogens (tertiary/aromatic N) is 5. The van der Waals surface area contributed by atoms with Crippen molar-refractivity contribution >= 4 is 30.8 Å². The Morgan fingerprint density at radius 2 is 1.55 bits per heavy atom. The quantitative estimate of drug-likeness (QED) is 0.0369. The largest absolute Gasteiger partial charge is 0.530 e. The van der Waals surface area contributed by atoms with E-state index in [-0.39, 0.29) is 35.4 Å². The first-order valence-electron chi connectivity index (χ1n) is 24.5. The van der Waals surface area contributed by atoms with Gasteiger partial charge in [-0.1, -0.05) is 127 Å². The van der Waals surface area contributed by atoms with Crippen molar-refractivity contribution < 1.29 is 46.2 Å². The van der Waals surface area contributed by atoms with E-state index in [4.69, 9.17) is 54.6 Å². The summed E-state index contributed by atoms with van der Waals surface area (Å²) in [5, 5.41) is 24.9. The number of fused-ring (bicyclic) bond motifs is 2. The Kier molecular flexibility index (Phi) is 20.2. The molecule has 2 aromatic heterocycles. The van der Waals surface area contributed by atoms with Crippen LogP contribution in [0.5, 0.6) is 5.75 Å². The minimum absolute atomic E-state index is 0.0127. The maximum atomic E-state index is 15.0. The van der Waals surface area contributed by atoms with Crippen LogP contribution >= 0.6 is 19.4 Å². The molecule has 0 bridgehead atoms. The van der Waals surface area contributed by atoms with Crippen LogP contribution in [0.1, 0.15) is 153 Å². The standard InChI is InChI=1S/C51H69ClFN6O9P/c1-5-6-7-8-9-10-11-12-13-14-15-16-17-18-19-22-27-61-34-50(4,62-32-39-28-38(31-54)29-40(53)30-39)35-63-69(60,68-44-24-21-20-23-41(44)52)64-36-51(33-55)47-46(65-49(2,3)67-47)45(66-51)42-25-26-43-48(56)57-37-58-59(42)43/h20-21,23-26,28-30,37,45-47H,5-19,22,27,32,34-36H2,1-4H3,(H2,56,57,58)/t45-,46-,47-,50+,51+,69?/m0/s1. The smallest absolute Gasteiger partial charge is 0.402 e. The maximum Gasteiger partial charge on any atom is 0.530 e. The van der Waals surface area contributed by atoms with E-state index in [0.29, 0.717) is 23.4 Å². The molecule has 2 aliphatic rings. The number of nitrogen functional groups attached to an aromatic ring is 1. The lowest BCUT2D eigenvalue weighted by molar-refractivity contribution is -0.204. The topological polar surface area (TPSA) is 195 Å². The van der Waals surface area contributed by atoms with Crippen molar-refractivity contribution in [2.24, 2.45) is 0 Å². The number of para-hydroxylation sites is 1. The fourth-order valence-corrected chi connectivity index (χ4v) is 10.3. The van der Waals surface area contributed by atoms with Crippen molar-refractivity contribution in [2.75, 3.05) is 32.2 Å². The highest BCUT2D eigenvalue weighted by Crippen LogP contribution is 2.55. The summed E-state index contributed by atoms with van der Waals surface area (Å²) in [6, 6.07) is 17.9. The van der Waals surface area contributed by atoms with E-state index in [1.807, 2.05) is 6.07 Å². The number of benzene rings is 2. The molecule has 2 aliphatic heterocycles. The van der Waals surface area contributed by atoms with Gasteiger partial charge in [0, 0.05) is 6.61 Å². The first-order chi connectivity index (χ1) is 33.2. The molecule has 6 rings (SSSR count). The van der Waals surface area contributed by atoms with Crippen molar-refractivity contribution in [1.29, 1.82) is 10.5 Å². The molecule has 0 aliphatic carbocycles. The molecule has 15 nitrogen and oxygen atoms in total. The Bertz CT molecular complexity index is 2400. The van der Waals surface area contributed by atoms with E-state index in [2.05, 4.69) is 23.1 Å². The van der Waals surface area contributed by atoms with E-state index in [0.717, 1.165) is 25.3 Å². The zero-order chi connectivity index (χ0) is 49.3. The molecule has 2 aromatic carbocycles. The number of unbranched alkanes of at least 4 members (excludes halogenated alkanes) is 15. The van der Waals surface area contributed by atoms with Gasteiger partial charge in [-0.25, -0.2) is 18.5 Å². The van der Waals surface area contributed by atoms with Gasteiger partial charge in [-0.2, -0.15) is 15.6 Å². The zero-order valence-electron chi connectivity index (χ0n) is 40.5. The molecular weight excluding hydrogens is 926 g/mol. The molecule has 2 N–H and O–H groups in total. The van der Waals surface area contributed by atoms with Crippen LogP contribution in [0.3, 0.4) is 0 Å². The van der Waals surface area contributed by atoms with E-state index >= 15 is 4.57 Å². The average molecular weight is 996 g/mol. The SMILES string of the molecule is CCCCCCCCCCCCCCCCCCOC[C@](C)(COP(=O)(OC[C@@]1(C#N)O[C@@H](c2ccc3c(N)ncnn23)[C@@H]2OC(C)(C)O[C@@H]21)Oc1ccccc1Cl)OCc1cc(F)cc(C#N)c1. The summed E-state index contributed by atoms with van der Waals surface area (Å²) in [6.45, 7) is 6.56. The number of hydrogen-bond acceptors (Lipinski definition) is 14. The first kappa shape index (κ1) is 54.1. The fraction of sp³-hybridized carbons (Fsp3) is 0.608. The highest BCUT2D eigenvalue weighted by atomic mass is 35.5. The van der Waals surface area contributed by atoms with Gasteiger partial charge >= 0.3 is 7.82 Å². The molecule has 4 aromatic rings. The Morgan fingerprint density at radius 1 is 0.884 bits per heavy atom. The van der Waals surface area contributed by atoms with Crippen molar-refractivity contribution in [3.05, 3.63) is 88.6 Å². The third-order valence-electron chi connectivity index (χ3n) is 12.5. The van der Waals surface area contributed by atoms with Crippen molar-refractivity contribution in [3.63, 3.8) is 0 Å². The molecule has 1 unspecified atom stereocenters. The fourth-order valence-electron chi connectivity index (χ4n) is 8.73. The van der Waals surface area contributed by atoms with E-state index < -0.39 is 62.2 Å². The Labute approximate surface area is 411 Å². The number of halogens is 2. The number of anilines is 1. The van der Waals surface area contributed by atoms with E-state index in [1.54, 1.807) is 55.6 Å². The monoisotopic (exact) mass is 994 g/mol. The van der Waals surface area contributed by atoms with Crippen LogP contribution in [0.15, 0.2) is 60.9 Å². The first-order valence-corrected chi connectivity index (χ1v) is 26.3. The average Bonchev–Trinajstić information content (AvgIpc) is 4.00. The molecule has 0 amide bonds. The molecule has 0 radical (unpaired) electrons. The normalized spacial score (nSPS) is 21.4. The number of phosphoric acid groups is 1. The molecule has 376 valence electrons. The maximum absolute atomic E-state index is 15.0. The predicted molar refractivity (Wildman–Crippen MR) is 260 cm³/mol. The number of nitrogens with two attached hydrogens (primary N) is 1. The minimum atomic E-state index is -4.75. The third-order valence-corrected chi connectivity index (χ3v) is 14.1. The second-order valence-corrected chi connectivity index (χ2v) is 20.8. The summed E-state index contributed by atoms with van der Waals surface area (Å²) in [4.78, 5) is 4.07. The molecule has 4 heterocycles. The van der Waals surface area contributed by atoms with Gasteiger partial charge in [0.1, 0.15) is 60.0 Å². The Balaban J connectivity index is 1.10. The minimum Gasteiger partial charge on any atom is -0.402 e. The van der Waals surface area contributed by atoms with E-state index in [1.165, 1.54) is 108 Å². The molecule has 0 saturated carbocycles. The molecule has 2 saturated heterocycles. The van der Waals surface area contributed by atoms with Gasteiger partial charge in [-0.3, -0.25) is 9.05 Å². The molecule has 6 atom stereocenters. The van der Waals surface area contributed by atoms with Crippen LogP contribution in [-0.4, -0.2) is 70.2 Å². The number of ether oxygens (including phenoxy) is 5. The van der Waals surface area contributed by atoms with Crippen LogP contribution in [0.2, 0.25) is 5.02 Å². The zero-order valence-corrected chi connectivity index (χ0v) is 42.2. The van der Waals surface area contributed by atoms with Crippen LogP contribution in [0.4, 0.5) is 10.2 Å². The van der Waals surface area contributed by atoms with Gasteiger partial charge in [0.15, 0.2) is 11.6 Å². The van der Waals surface area contributed by atoms with Gasteiger partial charge in [0.05, 0.1) is 42.2 Å². The second-order valence-electron chi connectivity index (χ2n) is 18.8. The highest BCUT2D eigenvalue weighted by Gasteiger charge is 2.65. The predicted octanol–water partition coefficient (Wildman–Crippen LogP) is 12.3. The lowest BCUT2D eigenvalue weighted by Crippen LogP contribution is -2.46. The van der Waals surface area contributed by atoms with Gasteiger partial charge in [-0.15, -0.1) is 0 Å². The highest BCUT2D eigenvalue weighted by molar-refractivity contribution is 7.49. The molecule has 0 spiro atoms. The second kappa shape index (κ2) is 25.8. The number of nitriles is 2. The lowest BCUT2D eigenvalue weighted by Gasteiger charge is -2.32. The molecule has 69 heavy (non-hydrogen) atoms. The van der Waals surface area contributed by atoms with Gasteiger partial charge in [0.2, 0.25) is 5.60 Å². The Hall–Kier alpha value is -4.19. The summed E-state index contributed by atoms with van der Waals surface area (Å²) in [5.74, 6) is -1.51. The molecule has 2 fully saturated rings. The van der Waals surface area contributed by atoms with Crippen molar-refractivity contribution in [3.8, 4) is 17.9 Å². The molecule has 18 heteroatoms. The summed E-state index contributed by atoms with van der Waals surface area (Å²) in [6.07, 6.45) is 18.5. The van der Waals surface area contributed by atoms with Crippen LogP contribution < -0.4 is 10.3 Å². The summed E-state index contributed by atoms with van der Waals surface area (Å²) in [7, 11) is -4.75. The third kappa shape index (κ3) is 15.4. The summed E-state index contributed by atoms with van der Waals surface area (Å²) >= 11 is 6.49. The van der Waals surface area contributed by atoms with Crippen LogP contribution in [-0.2, 0) is 43.9 Å². The van der Waals surface area contributed by atoms with Crippen molar-refractivity contribution in [1.82, 2.24) is 14.6 Å². The van der Waals surface area contributed by atoms with Gasteiger partial charge < -0.3 is 33.9 Å². The van der Waals surface area contributed by atoms with Gasteiger partial charge in [-0.05, 0) is 75.2 Å². The van der Waals surface area contributed by atoms with E-state index in [9.17, 15) is 14.9 Å². The van der Waals surface area contributed by atoms with Crippen LogP contribution in [0, 0.1) is 28.5 Å². The summed E-state index contributed by atoms with van der Waals surface area (Å²) in [5.41, 5.74) is 4.44. The van der Waals surface area contributed by atoms with Crippen LogP contribution in [0.25, 0.3) is 5.52 Å². The number of rotatable bonds is 31. The number of phosphoric ester groups is 1. The Morgan fingerprint density at radius 3 is 2.20 bits per heavy atom. The number of aromatic nitrogens is 3. The number of hydrogen-bond donors (Lipinski definition) is 1. The molecular formula is C51H69ClFN6O9P. The van der Waals surface area contributed by atoms with Crippen molar-refractivity contribution in [2.45, 2.75) is 172 Å². The lowest BCUT2D eigenvalue weighted by atomic mass is 9.96. The summed E-state index contributed by atoms with van der Waals surface area (Å²) < 4.78 is 80.9.